The van der Waals surface area contributed by atoms with Crippen LogP contribution in [0.1, 0.15) is 22.7 Å². The molecule has 1 fully saturated rings. The van der Waals surface area contributed by atoms with Crippen LogP contribution in [0.4, 0.5) is 0 Å². The van der Waals surface area contributed by atoms with Crippen molar-refractivity contribution in [2.75, 3.05) is 26.2 Å². The summed E-state index contributed by atoms with van der Waals surface area (Å²) in [5, 5.41) is 3.46. The molecular formula is C23H25N3. The monoisotopic (exact) mass is 343 g/mol. The Bertz CT molecular complexity index is 837. The van der Waals surface area contributed by atoms with Crippen molar-refractivity contribution in [3.63, 3.8) is 0 Å². The Balaban J connectivity index is 1.71. The third-order valence-electron chi connectivity index (χ3n) is 5.21. The molecule has 1 aromatic heterocycles. The average molecular weight is 343 g/mol. The molecule has 0 aliphatic carbocycles. The number of nitrogens with one attached hydrogen (secondary N) is 1. The highest BCUT2D eigenvalue weighted by Gasteiger charge is 2.25. The van der Waals surface area contributed by atoms with Gasteiger partial charge in [-0.25, -0.2) is 0 Å². The minimum atomic E-state index is 0.282. The highest BCUT2D eigenvalue weighted by molar-refractivity contribution is 5.63. The van der Waals surface area contributed by atoms with E-state index < -0.39 is 0 Å². The fourth-order valence-corrected chi connectivity index (χ4v) is 3.81. The second kappa shape index (κ2) is 7.81. The SMILES string of the molecule is Cc1cnccc1C(c1ccc(-c2ccccc2)cc1)N1CCNCC1. The van der Waals surface area contributed by atoms with E-state index in [4.69, 9.17) is 0 Å². The number of piperazine rings is 1. The fourth-order valence-electron chi connectivity index (χ4n) is 3.81. The Morgan fingerprint density at radius 3 is 2.27 bits per heavy atom. The Labute approximate surface area is 155 Å². The van der Waals surface area contributed by atoms with Crippen molar-refractivity contribution < 1.29 is 0 Å². The number of hydrogen-bond acceptors (Lipinski definition) is 3. The van der Waals surface area contributed by atoms with E-state index >= 15 is 0 Å². The van der Waals surface area contributed by atoms with E-state index in [1.807, 2.05) is 12.4 Å². The molecule has 3 nitrogen and oxygen atoms in total. The summed E-state index contributed by atoms with van der Waals surface area (Å²) < 4.78 is 0. The molecule has 3 heteroatoms. The Kier molecular flexibility index (Phi) is 5.09. The van der Waals surface area contributed by atoms with Gasteiger partial charge in [-0.05, 0) is 40.8 Å². The fraction of sp³-hybridized carbons (Fsp3) is 0.261. The van der Waals surface area contributed by atoms with Crippen LogP contribution in [0.25, 0.3) is 11.1 Å². The van der Waals surface area contributed by atoms with E-state index in [0.29, 0.717) is 0 Å². The van der Waals surface area contributed by atoms with Crippen LogP contribution in [0.5, 0.6) is 0 Å². The average Bonchev–Trinajstić information content (AvgIpc) is 2.72. The molecule has 1 atom stereocenters. The lowest BCUT2D eigenvalue weighted by Crippen LogP contribution is -2.45. The molecule has 1 aliphatic heterocycles. The molecule has 1 N–H and O–H groups in total. The molecule has 2 heterocycles. The van der Waals surface area contributed by atoms with Crippen molar-refractivity contribution in [1.82, 2.24) is 15.2 Å². The van der Waals surface area contributed by atoms with Gasteiger partial charge >= 0.3 is 0 Å². The summed E-state index contributed by atoms with van der Waals surface area (Å²) in [6.45, 7) is 6.38. The van der Waals surface area contributed by atoms with Gasteiger partial charge in [0.1, 0.15) is 0 Å². The number of nitrogens with zero attached hydrogens (tertiary/aromatic N) is 2. The van der Waals surface area contributed by atoms with Crippen molar-refractivity contribution in [1.29, 1.82) is 0 Å². The van der Waals surface area contributed by atoms with Crippen molar-refractivity contribution in [3.05, 3.63) is 89.7 Å². The summed E-state index contributed by atoms with van der Waals surface area (Å²) >= 11 is 0. The van der Waals surface area contributed by atoms with E-state index in [0.717, 1.165) is 26.2 Å². The summed E-state index contributed by atoms with van der Waals surface area (Å²) in [5.74, 6) is 0. The zero-order valence-electron chi connectivity index (χ0n) is 15.2. The maximum Gasteiger partial charge on any atom is 0.0606 e. The number of aryl methyl sites for hydroxylation is 1. The minimum absolute atomic E-state index is 0.282. The summed E-state index contributed by atoms with van der Waals surface area (Å²) in [7, 11) is 0. The number of hydrogen-bond donors (Lipinski definition) is 1. The molecule has 0 amide bonds. The smallest absolute Gasteiger partial charge is 0.0606 e. The molecule has 0 spiro atoms. The van der Waals surface area contributed by atoms with Gasteiger partial charge < -0.3 is 5.32 Å². The quantitative estimate of drug-likeness (QED) is 0.774. The van der Waals surface area contributed by atoms with E-state index in [2.05, 4.69) is 82.8 Å². The molecule has 4 rings (SSSR count). The maximum absolute atomic E-state index is 4.29. The van der Waals surface area contributed by atoms with Gasteiger partial charge in [-0.15, -0.1) is 0 Å². The topological polar surface area (TPSA) is 28.2 Å². The van der Waals surface area contributed by atoms with E-state index in [1.165, 1.54) is 27.8 Å². The predicted octanol–water partition coefficient (Wildman–Crippen LogP) is 4.05. The van der Waals surface area contributed by atoms with Gasteiger partial charge in [0, 0.05) is 38.6 Å². The second-order valence-electron chi connectivity index (χ2n) is 6.91. The van der Waals surface area contributed by atoms with Crippen LogP contribution in [-0.4, -0.2) is 36.1 Å². The molecule has 0 bridgehead atoms. The molecule has 1 aliphatic rings. The van der Waals surface area contributed by atoms with Crippen LogP contribution < -0.4 is 5.32 Å². The van der Waals surface area contributed by atoms with Crippen LogP contribution in [0.15, 0.2) is 73.1 Å². The van der Waals surface area contributed by atoms with Crippen molar-refractivity contribution in [3.8, 4) is 11.1 Å². The van der Waals surface area contributed by atoms with Crippen LogP contribution in [0.3, 0.4) is 0 Å². The first-order valence-corrected chi connectivity index (χ1v) is 9.33. The van der Waals surface area contributed by atoms with Crippen LogP contribution in [-0.2, 0) is 0 Å². The molecule has 2 aromatic carbocycles. The van der Waals surface area contributed by atoms with Crippen molar-refractivity contribution >= 4 is 0 Å². The lowest BCUT2D eigenvalue weighted by molar-refractivity contribution is 0.198. The first-order chi connectivity index (χ1) is 12.8. The van der Waals surface area contributed by atoms with Gasteiger partial charge in [0.05, 0.1) is 6.04 Å². The third kappa shape index (κ3) is 3.55. The second-order valence-corrected chi connectivity index (χ2v) is 6.91. The zero-order valence-corrected chi connectivity index (χ0v) is 15.2. The molecule has 132 valence electrons. The Morgan fingerprint density at radius 1 is 0.885 bits per heavy atom. The summed E-state index contributed by atoms with van der Waals surface area (Å²) in [5.41, 5.74) is 6.48. The van der Waals surface area contributed by atoms with Gasteiger partial charge in [-0.3, -0.25) is 9.88 Å². The van der Waals surface area contributed by atoms with Crippen LogP contribution >= 0.6 is 0 Å². The third-order valence-corrected chi connectivity index (χ3v) is 5.21. The number of aromatic nitrogens is 1. The standard InChI is InChI=1S/C23H25N3/c1-18-17-25-12-11-22(18)23(26-15-13-24-14-16-26)21-9-7-20(8-10-21)19-5-3-2-4-6-19/h2-12,17,23-24H,13-16H2,1H3. The molecule has 1 saturated heterocycles. The van der Waals surface area contributed by atoms with Gasteiger partial charge in [0.25, 0.3) is 0 Å². The van der Waals surface area contributed by atoms with Crippen LogP contribution in [0, 0.1) is 6.92 Å². The van der Waals surface area contributed by atoms with E-state index in [9.17, 15) is 0 Å². The molecule has 1 unspecified atom stereocenters. The van der Waals surface area contributed by atoms with Crippen molar-refractivity contribution in [2.45, 2.75) is 13.0 Å². The number of rotatable bonds is 4. The maximum atomic E-state index is 4.29. The van der Waals surface area contributed by atoms with E-state index in [1.54, 1.807) is 0 Å². The van der Waals surface area contributed by atoms with Gasteiger partial charge in [0.15, 0.2) is 0 Å². The first kappa shape index (κ1) is 17.0. The number of pyridine rings is 1. The Hall–Kier alpha value is -2.49. The largest absolute Gasteiger partial charge is 0.314 e. The molecule has 26 heavy (non-hydrogen) atoms. The summed E-state index contributed by atoms with van der Waals surface area (Å²) in [4.78, 5) is 6.87. The van der Waals surface area contributed by atoms with Gasteiger partial charge in [-0.2, -0.15) is 0 Å². The molecule has 3 aromatic rings. The normalized spacial score (nSPS) is 16.3. The molecule has 0 radical (unpaired) electrons. The minimum Gasteiger partial charge on any atom is -0.314 e. The summed E-state index contributed by atoms with van der Waals surface area (Å²) in [6, 6.07) is 22.1. The highest BCUT2D eigenvalue weighted by Crippen LogP contribution is 2.32. The zero-order chi connectivity index (χ0) is 17.8. The molecule has 0 saturated carbocycles. The number of benzene rings is 2. The lowest BCUT2D eigenvalue weighted by Gasteiger charge is -2.36. The first-order valence-electron chi connectivity index (χ1n) is 9.33. The van der Waals surface area contributed by atoms with Crippen LogP contribution in [0.2, 0.25) is 0 Å². The Morgan fingerprint density at radius 2 is 1.58 bits per heavy atom. The van der Waals surface area contributed by atoms with Crippen molar-refractivity contribution in [2.24, 2.45) is 0 Å². The molecular weight excluding hydrogens is 318 g/mol. The summed E-state index contributed by atoms with van der Waals surface area (Å²) in [6.07, 6.45) is 3.89. The lowest BCUT2D eigenvalue weighted by atomic mass is 9.93. The highest BCUT2D eigenvalue weighted by atomic mass is 15.2. The van der Waals surface area contributed by atoms with E-state index in [-0.39, 0.29) is 6.04 Å². The predicted molar refractivity (Wildman–Crippen MR) is 107 cm³/mol. The van der Waals surface area contributed by atoms with Gasteiger partial charge in [0.2, 0.25) is 0 Å². The van der Waals surface area contributed by atoms with Gasteiger partial charge in [-0.1, -0.05) is 54.6 Å².